The van der Waals surface area contributed by atoms with Crippen LogP contribution < -0.4 is 10.6 Å². The van der Waals surface area contributed by atoms with Crippen LogP contribution in [0.5, 0.6) is 0 Å². The summed E-state index contributed by atoms with van der Waals surface area (Å²) < 4.78 is 28.9. The highest BCUT2D eigenvalue weighted by molar-refractivity contribution is 6.30. The highest BCUT2D eigenvalue weighted by Gasteiger charge is 2.14. The van der Waals surface area contributed by atoms with E-state index >= 15 is 0 Å². The summed E-state index contributed by atoms with van der Waals surface area (Å²) >= 11 is 11.8. The Labute approximate surface area is 242 Å². The molecular weight excluding hydrogens is 561 g/mol. The molecule has 0 spiro atoms. The number of nitrogens with one attached hydrogen (secondary N) is 2. The first-order valence-corrected chi connectivity index (χ1v) is 13.6. The summed E-state index contributed by atoms with van der Waals surface area (Å²) in [5.41, 5.74) is 4.53. The number of halogens is 4. The van der Waals surface area contributed by atoms with Crippen molar-refractivity contribution in [2.75, 3.05) is 10.6 Å². The van der Waals surface area contributed by atoms with E-state index in [4.69, 9.17) is 23.2 Å². The van der Waals surface area contributed by atoms with E-state index in [1.807, 2.05) is 27.7 Å². The van der Waals surface area contributed by atoms with Gasteiger partial charge in [-0.05, 0) is 53.7 Å². The van der Waals surface area contributed by atoms with Crippen LogP contribution in [0.3, 0.4) is 0 Å². The minimum atomic E-state index is -0.971. The van der Waals surface area contributed by atoms with Crippen LogP contribution in [0.25, 0.3) is 22.5 Å². The Kier molecular flexibility index (Phi) is 11.1. The topological polar surface area (TPSA) is 111 Å². The van der Waals surface area contributed by atoms with Gasteiger partial charge >= 0.3 is 0 Å². The highest BCUT2D eigenvalue weighted by Crippen LogP contribution is 2.29. The highest BCUT2D eigenvalue weighted by atomic mass is 35.5. The van der Waals surface area contributed by atoms with Crippen molar-refractivity contribution < 1.29 is 8.78 Å². The average molecular weight is 596 g/mol. The van der Waals surface area contributed by atoms with Gasteiger partial charge in [0.05, 0.1) is 25.5 Å². The van der Waals surface area contributed by atoms with Gasteiger partial charge in [-0.2, -0.15) is 0 Å². The van der Waals surface area contributed by atoms with Gasteiger partial charge in [-0.25, -0.2) is 28.1 Å². The first-order valence-electron chi connectivity index (χ1n) is 12.8. The third-order valence-corrected chi connectivity index (χ3v) is 5.55. The lowest BCUT2D eigenvalue weighted by atomic mass is 10.1. The third-order valence-electron chi connectivity index (χ3n) is 5.14. The van der Waals surface area contributed by atoms with Crippen LogP contribution in [0.15, 0.2) is 36.9 Å². The molecule has 0 fully saturated rings. The quantitative estimate of drug-likeness (QED) is 0.204. The smallest absolute Gasteiger partial charge is 0.131 e. The SMILES string of the molecule is CC(F)Cn1cc(-c2cnc(Cl)cc2NC(C)C)nn1.CC(F)Cn1cc(-c2cnc(Cl)cc2NC(C)C)nn1. The lowest BCUT2D eigenvalue weighted by Gasteiger charge is -2.13. The van der Waals surface area contributed by atoms with E-state index in [0.717, 1.165) is 22.5 Å². The first-order chi connectivity index (χ1) is 18.9. The van der Waals surface area contributed by atoms with Crippen LogP contribution in [0, 0.1) is 0 Å². The van der Waals surface area contributed by atoms with Crippen molar-refractivity contribution >= 4 is 34.6 Å². The summed E-state index contributed by atoms with van der Waals surface area (Å²) in [6.07, 6.45) is 4.74. The van der Waals surface area contributed by atoms with Gasteiger partial charge in [0.1, 0.15) is 34.0 Å². The zero-order valence-corrected chi connectivity index (χ0v) is 24.8. The van der Waals surface area contributed by atoms with Crippen LogP contribution in [-0.4, -0.2) is 64.4 Å². The third kappa shape index (κ3) is 9.37. The van der Waals surface area contributed by atoms with Gasteiger partial charge in [0, 0.05) is 47.0 Å². The van der Waals surface area contributed by atoms with Crippen LogP contribution >= 0.6 is 23.2 Å². The number of nitrogens with zero attached hydrogens (tertiary/aromatic N) is 8. The standard InChI is InChI=1S/2C13H17ClFN5/c2*1-8(2)17-11-4-13(14)16-5-10(11)12-7-20(19-18-12)6-9(3)15/h2*4-5,7-9H,6H2,1-3H3,(H,16,17). The van der Waals surface area contributed by atoms with E-state index in [-0.39, 0.29) is 25.2 Å². The van der Waals surface area contributed by atoms with Crippen molar-refractivity contribution in [3.63, 3.8) is 0 Å². The van der Waals surface area contributed by atoms with E-state index in [1.54, 1.807) is 36.9 Å². The van der Waals surface area contributed by atoms with Crippen molar-refractivity contribution in [3.05, 3.63) is 47.2 Å². The molecule has 0 aliphatic carbocycles. The van der Waals surface area contributed by atoms with E-state index in [2.05, 4.69) is 41.2 Å². The Balaban J connectivity index is 0.000000220. The monoisotopic (exact) mass is 594 g/mol. The number of aromatic nitrogens is 8. The summed E-state index contributed by atoms with van der Waals surface area (Å²) in [5, 5.41) is 23.3. The molecule has 4 aromatic heterocycles. The fraction of sp³-hybridized carbons (Fsp3) is 0.462. The van der Waals surface area contributed by atoms with Crippen molar-refractivity contribution in [2.45, 2.75) is 79.1 Å². The van der Waals surface area contributed by atoms with Crippen LogP contribution in [0.4, 0.5) is 20.2 Å². The van der Waals surface area contributed by atoms with Crippen molar-refractivity contribution in [2.24, 2.45) is 0 Å². The van der Waals surface area contributed by atoms with E-state index in [0.29, 0.717) is 21.7 Å². The Bertz CT molecular complexity index is 1270. The van der Waals surface area contributed by atoms with Crippen LogP contribution in [0.1, 0.15) is 41.5 Å². The molecule has 14 heteroatoms. The number of pyridine rings is 2. The van der Waals surface area contributed by atoms with E-state index < -0.39 is 12.3 Å². The maximum absolute atomic E-state index is 13.0. The first kappa shape index (κ1) is 31.2. The summed E-state index contributed by atoms with van der Waals surface area (Å²) in [4.78, 5) is 8.14. The molecular formula is C26H34Cl2F2N10. The molecule has 0 saturated heterocycles. The zero-order valence-electron chi connectivity index (χ0n) is 23.3. The largest absolute Gasteiger partial charge is 0.382 e. The molecule has 2 N–H and O–H groups in total. The number of hydrogen-bond acceptors (Lipinski definition) is 8. The van der Waals surface area contributed by atoms with Gasteiger partial charge < -0.3 is 10.6 Å². The van der Waals surface area contributed by atoms with Crippen LogP contribution in [0.2, 0.25) is 10.3 Å². The fourth-order valence-electron chi connectivity index (χ4n) is 3.67. The van der Waals surface area contributed by atoms with Gasteiger partial charge in [0.15, 0.2) is 0 Å². The molecule has 0 aromatic carbocycles. The summed E-state index contributed by atoms with van der Waals surface area (Å²) in [6, 6.07) is 3.97. The van der Waals surface area contributed by atoms with Crippen molar-refractivity contribution in [1.82, 2.24) is 40.0 Å². The van der Waals surface area contributed by atoms with Gasteiger partial charge in [-0.15, -0.1) is 10.2 Å². The van der Waals surface area contributed by atoms with Gasteiger partial charge in [0.2, 0.25) is 0 Å². The Morgan fingerprint density at radius 3 is 1.40 bits per heavy atom. The minimum absolute atomic E-state index is 0.182. The average Bonchev–Trinajstić information content (AvgIpc) is 3.48. The second kappa shape index (κ2) is 14.3. The summed E-state index contributed by atoms with van der Waals surface area (Å²) in [6.45, 7) is 11.4. The maximum Gasteiger partial charge on any atom is 0.131 e. The van der Waals surface area contributed by atoms with Crippen molar-refractivity contribution in [3.8, 4) is 22.5 Å². The Morgan fingerprint density at radius 2 is 1.07 bits per heavy atom. The summed E-state index contributed by atoms with van der Waals surface area (Å²) in [7, 11) is 0. The predicted molar refractivity (Wildman–Crippen MR) is 155 cm³/mol. The maximum atomic E-state index is 13.0. The Hall–Kier alpha value is -3.38. The molecule has 4 aromatic rings. The lowest BCUT2D eigenvalue weighted by Crippen LogP contribution is -2.11. The number of alkyl halides is 2. The molecule has 0 bridgehead atoms. The second-order valence-corrected chi connectivity index (χ2v) is 10.7. The molecule has 0 aliphatic heterocycles. The molecule has 4 heterocycles. The zero-order chi connectivity index (χ0) is 29.4. The van der Waals surface area contributed by atoms with E-state index in [9.17, 15) is 8.78 Å². The van der Waals surface area contributed by atoms with Gasteiger partial charge in [-0.3, -0.25) is 0 Å². The van der Waals surface area contributed by atoms with Gasteiger partial charge in [0.25, 0.3) is 0 Å². The molecule has 0 amide bonds. The normalized spacial score (nSPS) is 12.7. The fourth-order valence-corrected chi connectivity index (χ4v) is 3.98. The molecule has 0 aliphatic rings. The molecule has 10 nitrogen and oxygen atoms in total. The number of rotatable bonds is 10. The van der Waals surface area contributed by atoms with E-state index in [1.165, 1.54) is 23.2 Å². The second-order valence-electron chi connectivity index (χ2n) is 9.92. The molecule has 2 unspecified atom stereocenters. The summed E-state index contributed by atoms with van der Waals surface area (Å²) in [5.74, 6) is 0. The lowest BCUT2D eigenvalue weighted by molar-refractivity contribution is 0.306. The molecule has 4 rings (SSSR count). The molecule has 216 valence electrons. The molecule has 0 radical (unpaired) electrons. The number of anilines is 2. The number of hydrogen-bond donors (Lipinski definition) is 2. The van der Waals surface area contributed by atoms with Gasteiger partial charge in [-0.1, -0.05) is 33.6 Å². The molecule has 40 heavy (non-hydrogen) atoms. The van der Waals surface area contributed by atoms with Crippen LogP contribution in [-0.2, 0) is 13.1 Å². The predicted octanol–water partition coefficient (Wildman–Crippen LogP) is 6.34. The molecule has 2 atom stereocenters. The van der Waals surface area contributed by atoms with Crippen molar-refractivity contribution in [1.29, 1.82) is 0 Å². The minimum Gasteiger partial charge on any atom is -0.382 e. The Morgan fingerprint density at radius 1 is 0.700 bits per heavy atom. The molecule has 0 saturated carbocycles.